The predicted octanol–water partition coefficient (Wildman–Crippen LogP) is 3.12. The number of hydrogen-bond acceptors (Lipinski definition) is 8. The van der Waals surface area contributed by atoms with E-state index >= 15 is 0 Å². The van der Waals surface area contributed by atoms with Gasteiger partial charge in [0.05, 0.1) is 20.3 Å². The summed E-state index contributed by atoms with van der Waals surface area (Å²) in [7, 11) is 1.65. The van der Waals surface area contributed by atoms with Crippen LogP contribution in [0.5, 0.6) is 5.75 Å². The molecule has 4 rings (SSSR count). The van der Waals surface area contributed by atoms with Crippen molar-refractivity contribution < 1.29 is 9.47 Å². The normalized spacial score (nSPS) is 13.7. The Morgan fingerprint density at radius 1 is 0.933 bits per heavy atom. The number of morpholine rings is 1. The molecule has 0 unspecified atom stereocenters. The van der Waals surface area contributed by atoms with Crippen molar-refractivity contribution in [2.24, 2.45) is 0 Å². The Kier molecular flexibility index (Phi) is 6.56. The number of methoxy groups -OCH3 is 1. The molecule has 0 aliphatic carbocycles. The number of benzene rings is 2. The minimum absolute atomic E-state index is 0.499. The number of ether oxygens (including phenoxy) is 2. The third-order valence-corrected chi connectivity index (χ3v) is 4.80. The highest BCUT2D eigenvalue weighted by atomic mass is 16.5. The molecule has 0 saturated carbocycles. The van der Waals surface area contributed by atoms with Gasteiger partial charge in [-0.15, -0.1) is 0 Å². The smallest absolute Gasteiger partial charge is 0.233 e. The molecule has 1 aromatic heterocycles. The Labute approximate surface area is 176 Å². The summed E-state index contributed by atoms with van der Waals surface area (Å²) in [6.45, 7) is 3.59. The first kappa shape index (κ1) is 19.9. The summed E-state index contributed by atoms with van der Waals surface area (Å²) in [6.07, 6.45) is 0.890. The molecule has 156 valence electrons. The number of nitrogens with zero attached hydrogens (tertiary/aromatic N) is 4. The lowest BCUT2D eigenvalue weighted by atomic mass is 10.1. The van der Waals surface area contributed by atoms with Crippen molar-refractivity contribution in [2.45, 2.75) is 6.42 Å². The van der Waals surface area contributed by atoms with E-state index in [0.717, 1.165) is 37.5 Å². The molecule has 0 amide bonds. The number of nitrogens with one attached hydrogen (secondary N) is 2. The summed E-state index contributed by atoms with van der Waals surface area (Å²) in [5.74, 6) is 2.50. The lowest BCUT2D eigenvalue weighted by Gasteiger charge is -2.27. The summed E-state index contributed by atoms with van der Waals surface area (Å²) in [5.41, 5.74) is 2.15. The zero-order valence-electron chi connectivity index (χ0n) is 17.0. The van der Waals surface area contributed by atoms with E-state index < -0.39 is 0 Å². The Morgan fingerprint density at radius 2 is 1.67 bits per heavy atom. The van der Waals surface area contributed by atoms with Gasteiger partial charge in [-0.25, -0.2) is 0 Å². The van der Waals surface area contributed by atoms with Crippen LogP contribution in [0.1, 0.15) is 5.56 Å². The lowest BCUT2D eigenvalue weighted by Crippen LogP contribution is -2.37. The first-order valence-corrected chi connectivity index (χ1v) is 10.1. The van der Waals surface area contributed by atoms with Gasteiger partial charge in [-0.3, -0.25) is 0 Å². The van der Waals surface area contributed by atoms with E-state index in [-0.39, 0.29) is 0 Å². The van der Waals surface area contributed by atoms with E-state index in [1.54, 1.807) is 7.11 Å². The van der Waals surface area contributed by atoms with Crippen LogP contribution < -0.4 is 20.3 Å². The molecule has 1 fully saturated rings. The van der Waals surface area contributed by atoms with E-state index in [1.165, 1.54) is 5.56 Å². The van der Waals surface area contributed by atoms with Gasteiger partial charge in [-0.05, 0) is 36.2 Å². The number of rotatable bonds is 8. The summed E-state index contributed by atoms with van der Waals surface area (Å²) in [4.78, 5) is 15.9. The molecule has 1 saturated heterocycles. The van der Waals surface area contributed by atoms with Gasteiger partial charge >= 0.3 is 0 Å². The molecular formula is C22H26N6O2. The van der Waals surface area contributed by atoms with E-state index in [0.29, 0.717) is 31.1 Å². The van der Waals surface area contributed by atoms with Crippen LogP contribution in [0.3, 0.4) is 0 Å². The Hall–Kier alpha value is -3.39. The summed E-state index contributed by atoms with van der Waals surface area (Å²) in [6, 6.07) is 18.0. The molecule has 2 aromatic carbocycles. The second-order valence-electron chi connectivity index (χ2n) is 6.90. The first-order chi connectivity index (χ1) is 14.8. The van der Waals surface area contributed by atoms with E-state index in [4.69, 9.17) is 9.47 Å². The molecule has 30 heavy (non-hydrogen) atoms. The number of anilines is 4. The van der Waals surface area contributed by atoms with Crippen LogP contribution >= 0.6 is 0 Å². The van der Waals surface area contributed by atoms with Crippen molar-refractivity contribution in [2.75, 3.05) is 55.5 Å². The molecule has 8 heteroatoms. The van der Waals surface area contributed by atoms with Gasteiger partial charge in [-0.1, -0.05) is 30.3 Å². The number of aromatic nitrogens is 3. The molecular weight excluding hydrogens is 380 g/mol. The van der Waals surface area contributed by atoms with Crippen molar-refractivity contribution in [3.05, 3.63) is 60.2 Å². The van der Waals surface area contributed by atoms with Gasteiger partial charge < -0.3 is 25.0 Å². The molecule has 2 N–H and O–H groups in total. The topological polar surface area (TPSA) is 84.4 Å². The molecule has 1 aliphatic heterocycles. The zero-order valence-corrected chi connectivity index (χ0v) is 17.0. The van der Waals surface area contributed by atoms with Crippen LogP contribution in [-0.4, -0.2) is 54.9 Å². The SMILES string of the molecule is COc1ccc(Nc2nc(NCCc3ccccc3)nc(N3CCOCC3)n2)cc1. The Balaban J connectivity index is 1.50. The van der Waals surface area contributed by atoms with Crippen LogP contribution in [0.4, 0.5) is 23.5 Å². The first-order valence-electron chi connectivity index (χ1n) is 10.1. The molecule has 0 spiro atoms. The quantitative estimate of drug-likeness (QED) is 0.590. The third-order valence-electron chi connectivity index (χ3n) is 4.80. The fourth-order valence-electron chi connectivity index (χ4n) is 3.17. The zero-order chi connectivity index (χ0) is 20.6. The Bertz CT molecular complexity index is 930. The molecule has 0 atom stereocenters. The second kappa shape index (κ2) is 9.89. The fourth-order valence-corrected chi connectivity index (χ4v) is 3.17. The van der Waals surface area contributed by atoms with Crippen molar-refractivity contribution in [1.29, 1.82) is 0 Å². The van der Waals surface area contributed by atoms with Crippen LogP contribution in [0.25, 0.3) is 0 Å². The minimum atomic E-state index is 0.499. The monoisotopic (exact) mass is 406 g/mol. The maximum Gasteiger partial charge on any atom is 0.233 e. The van der Waals surface area contributed by atoms with Crippen molar-refractivity contribution in [1.82, 2.24) is 15.0 Å². The largest absolute Gasteiger partial charge is 0.497 e. The minimum Gasteiger partial charge on any atom is -0.497 e. The Morgan fingerprint density at radius 3 is 2.40 bits per heavy atom. The second-order valence-corrected chi connectivity index (χ2v) is 6.90. The number of hydrogen-bond donors (Lipinski definition) is 2. The van der Waals surface area contributed by atoms with Gasteiger partial charge in [0.2, 0.25) is 17.8 Å². The molecule has 8 nitrogen and oxygen atoms in total. The van der Waals surface area contributed by atoms with Gasteiger partial charge in [0, 0.05) is 25.3 Å². The highest BCUT2D eigenvalue weighted by Gasteiger charge is 2.16. The molecule has 2 heterocycles. The van der Waals surface area contributed by atoms with Gasteiger partial charge in [0.1, 0.15) is 5.75 Å². The molecule has 0 bridgehead atoms. The van der Waals surface area contributed by atoms with E-state index in [9.17, 15) is 0 Å². The van der Waals surface area contributed by atoms with Crippen molar-refractivity contribution >= 4 is 23.5 Å². The van der Waals surface area contributed by atoms with E-state index in [2.05, 4.69) is 42.6 Å². The summed E-state index contributed by atoms with van der Waals surface area (Å²) < 4.78 is 10.7. The summed E-state index contributed by atoms with van der Waals surface area (Å²) >= 11 is 0. The standard InChI is InChI=1S/C22H26N6O2/c1-29-19-9-7-18(8-10-19)24-21-25-20(23-12-11-17-5-3-2-4-6-17)26-22(27-21)28-13-15-30-16-14-28/h2-10H,11-16H2,1H3,(H2,23,24,25,26,27). The van der Waals surface area contributed by atoms with Crippen LogP contribution in [0, 0.1) is 0 Å². The van der Waals surface area contributed by atoms with Crippen LogP contribution in [-0.2, 0) is 11.2 Å². The fraction of sp³-hybridized carbons (Fsp3) is 0.318. The maximum atomic E-state index is 5.46. The third kappa shape index (κ3) is 5.36. The van der Waals surface area contributed by atoms with Gasteiger partial charge in [-0.2, -0.15) is 15.0 Å². The highest BCUT2D eigenvalue weighted by Crippen LogP contribution is 2.21. The lowest BCUT2D eigenvalue weighted by molar-refractivity contribution is 0.122. The van der Waals surface area contributed by atoms with Crippen LogP contribution in [0.2, 0.25) is 0 Å². The van der Waals surface area contributed by atoms with Gasteiger partial charge in [0.15, 0.2) is 0 Å². The molecule has 3 aromatic rings. The summed E-state index contributed by atoms with van der Waals surface area (Å²) in [5, 5.41) is 6.60. The predicted molar refractivity (Wildman–Crippen MR) is 118 cm³/mol. The average molecular weight is 406 g/mol. The maximum absolute atomic E-state index is 5.46. The molecule has 0 radical (unpaired) electrons. The van der Waals surface area contributed by atoms with Gasteiger partial charge in [0.25, 0.3) is 0 Å². The van der Waals surface area contributed by atoms with Crippen molar-refractivity contribution in [3.8, 4) is 5.75 Å². The highest BCUT2D eigenvalue weighted by molar-refractivity contribution is 5.57. The van der Waals surface area contributed by atoms with Crippen LogP contribution in [0.15, 0.2) is 54.6 Å². The van der Waals surface area contributed by atoms with Crippen molar-refractivity contribution in [3.63, 3.8) is 0 Å². The average Bonchev–Trinajstić information content (AvgIpc) is 2.81. The molecule has 1 aliphatic rings. The van der Waals surface area contributed by atoms with E-state index in [1.807, 2.05) is 42.5 Å².